The van der Waals surface area contributed by atoms with E-state index < -0.39 is 5.91 Å². The lowest BCUT2D eigenvalue weighted by atomic mass is 10.1. The zero-order chi connectivity index (χ0) is 14.1. The number of rotatable bonds is 3. The molecule has 1 aromatic carbocycles. The van der Waals surface area contributed by atoms with Crippen molar-refractivity contribution in [3.63, 3.8) is 0 Å². The number of carbonyl (C=O) groups excluding carboxylic acids is 1. The van der Waals surface area contributed by atoms with E-state index in [2.05, 4.69) is 15.0 Å². The summed E-state index contributed by atoms with van der Waals surface area (Å²) in [6, 6.07) is 9.35. The van der Waals surface area contributed by atoms with Crippen LogP contribution in [0.25, 0.3) is 11.3 Å². The first-order valence-electron chi connectivity index (χ1n) is 6.28. The van der Waals surface area contributed by atoms with Crippen LogP contribution >= 0.6 is 0 Å². The first kappa shape index (κ1) is 12.4. The molecule has 3 rings (SSSR count). The Morgan fingerprint density at radius 3 is 2.55 bits per heavy atom. The van der Waals surface area contributed by atoms with Gasteiger partial charge in [0.15, 0.2) is 0 Å². The van der Waals surface area contributed by atoms with Crippen LogP contribution in [-0.4, -0.2) is 41.9 Å². The summed E-state index contributed by atoms with van der Waals surface area (Å²) in [6.45, 7) is 1.78. The summed E-state index contributed by atoms with van der Waals surface area (Å²) >= 11 is 0. The minimum Gasteiger partial charge on any atom is -0.363 e. The highest BCUT2D eigenvalue weighted by Crippen LogP contribution is 2.20. The zero-order valence-electron chi connectivity index (χ0n) is 11.0. The monoisotopic (exact) mass is 270 g/mol. The van der Waals surface area contributed by atoms with Crippen molar-refractivity contribution >= 4 is 11.7 Å². The molecule has 102 valence electrons. The number of hydrogen-bond donors (Lipinski definition) is 1. The second-order valence-electron chi connectivity index (χ2n) is 4.64. The van der Waals surface area contributed by atoms with Crippen LogP contribution in [0.2, 0.25) is 0 Å². The molecule has 0 radical (unpaired) electrons. The van der Waals surface area contributed by atoms with Gasteiger partial charge in [0.05, 0.1) is 6.54 Å². The van der Waals surface area contributed by atoms with Gasteiger partial charge in [-0.1, -0.05) is 29.4 Å². The molecule has 0 spiro atoms. The molecule has 0 unspecified atom stereocenters. The van der Waals surface area contributed by atoms with Gasteiger partial charge < -0.3 is 15.2 Å². The molecule has 1 aromatic heterocycles. The van der Waals surface area contributed by atoms with Gasteiger partial charge in [-0.2, -0.15) is 0 Å². The van der Waals surface area contributed by atoms with E-state index >= 15 is 0 Å². The lowest BCUT2D eigenvalue weighted by Gasteiger charge is -2.13. The van der Waals surface area contributed by atoms with Gasteiger partial charge in [-0.15, -0.1) is 0 Å². The van der Waals surface area contributed by atoms with Gasteiger partial charge in [0.25, 0.3) is 5.91 Å². The third kappa shape index (κ3) is 2.16. The van der Waals surface area contributed by atoms with E-state index in [4.69, 9.17) is 10.3 Å². The lowest BCUT2D eigenvalue weighted by molar-refractivity contribution is 0.0965. The molecule has 2 aromatic rings. The molecule has 6 heteroatoms. The number of benzene rings is 1. The molecule has 0 saturated carbocycles. The Hall–Kier alpha value is -2.63. The number of hydrogen-bond acceptors (Lipinski definition) is 5. The van der Waals surface area contributed by atoms with Gasteiger partial charge in [0, 0.05) is 30.8 Å². The van der Waals surface area contributed by atoms with E-state index in [0.29, 0.717) is 5.69 Å². The van der Waals surface area contributed by atoms with Crippen LogP contribution in [0.15, 0.2) is 39.8 Å². The normalized spacial score (nSPS) is 14.4. The highest BCUT2D eigenvalue weighted by Gasteiger charge is 2.15. The number of nitrogens with zero attached hydrogens (tertiary/aromatic N) is 3. The fourth-order valence-electron chi connectivity index (χ4n) is 2.16. The highest BCUT2D eigenvalue weighted by atomic mass is 16.5. The van der Waals surface area contributed by atoms with Crippen LogP contribution in [-0.2, 0) is 0 Å². The summed E-state index contributed by atoms with van der Waals surface area (Å²) in [6.07, 6.45) is 0. The fraction of sp³-hybridized carbons (Fsp3) is 0.214. The Bertz CT molecular complexity index is 673. The van der Waals surface area contributed by atoms with E-state index in [1.54, 1.807) is 0 Å². The van der Waals surface area contributed by atoms with Crippen molar-refractivity contribution in [1.29, 1.82) is 0 Å². The van der Waals surface area contributed by atoms with Crippen molar-refractivity contribution in [2.75, 3.05) is 20.1 Å². The maximum absolute atomic E-state index is 11.0. The Morgan fingerprint density at radius 1 is 1.30 bits per heavy atom. The molecule has 0 aliphatic carbocycles. The van der Waals surface area contributed by atoms with Crippen LogP contribution in [0.1, 0.15) is 16.1 Å². The van der Waals surface area contributed by atoms with Crippen molar-refractivity contribution in [2.45, 2.75) is 0 Å². The van der Waals surface area contributed by atoms with Crippen molar-refractivity contribution < 1.29 is 9.32 Å². The number of amides is 1. The minimum atomic E-state index is -0.623. The molecule has 0 fully saturated rings. The van der Waals surface area contributed by atoms with Gasteiger partial charge >= 0.3 is 0 Å². The van der Waals surface area contributed by atoms with E-state index in [-0.39, 0.29) is 5.76 Å². The third-order valence-corrected chi connectivity index (χ3v) is 3.25. The number of aliphatic imine (C=N–C) groups is 1. The summed E-state index contributed by atoms with van der Waals surface area (Å²) in [7, 11) is 2.02. The molecule has 1 aliphatic heterocycles. The van der Waals surface area contributed by atoms with E-state index in [1.165, 1.54) is 6.07 Å². The number of aromatic nitrogens is 1. The third-order valence-electron chi connectivity index (χ3n) is 3.25. The number of amidine groups is 1. The van der Waals surface area contributed by atoms with Crippen molar-refractivity contribution in [3.05, 3.63) is 41.7 Å². The zero-order valence-corrected chi connectivity index (χ0v) is 11.0. The molecule has 20 heavy (non-hydrogen) atoms. The molecule has 0 saturated heterocycles. The van der Waals surface area contributed by atoms with Gasteiger partial charge in [0.1, 0.15) is 11.5 Å². The number of carbonyl (C=O) groups is 1. The summed E-state index contributed by atoms with van der Waals surface area (Å²) in [5.74, 6) is 0.431. The second kappa shape index (κ2) is 4.80. The van der Waals surface area contributed by atoms with Crippen LogP contribution in [0.3, 0.4) is 0 Å². The smallest absolute Gasteiger partial charge is 0.287 e. The Labute approximate surface area is 115 Å². The fourth-order valence-corrected chi connectivity index (χ4v) is 2.16. The standard InChI is InChI=1S/C14H14N4O2/c1-18-7-6-16-14(18)10-4-2-9(3-5-10)11-8-12(13(15)19)20-17-11/h2-5,8H,6-7H2,1H3,(H2,15,19). The van der Waals surface area contributed by atoms with Crippen LogP contribution < -0.4 is 5.73 Å². The summed E-state index contributed by atoms with van der Waals surface area (Å²) in [5, 5.41) is 3.83. The second-order valence-corrected chi connectivity index (χ2v) is 4.64. The molecule has 6 nitrogen and oxygen atoms in total. The summed E-state index contributed by atoms with van der Waals surface area (Å²) in [5.41, 5.74) is 7.65. The minimum absolute atomic E-state index is 0.0592. The Morgan fingerprint density at radius 2 is 2.00 bits per heavy atom. The molecular weight excluding hydrogens is 256 g/mol. The lowest BCUT2D eigenvalue weighted by Crippen LogP contribution is -2.23. The van der Waals surface area contributed by atoms with Gasteiger partial charge in [-0.25, -0.2) is 0 Å². The number of primary amides is 1. The topological polar surface area (TPSA) is 84.7 Å². The largest absolute Gasteiger partial charge is 0.363 e. The molecular formula is C14H14N4O2. The van der Waals surface area contributed by atoms with Crippen molar-refractivity contribution in [1.82, 2.24) is 10.1 Å². The van der Waals surface area contributed by atoms with Gasteiger partial charge in [-0.05, 0) is 0 Å². The molecule has 1 aliphatic rings. The first-order valence-corrected chi connectivity index (χ1v) is 6.28. The molecule has 1 amide bonds. The molecule has 0 atom stereocenters. The average Bonchev–Trinajstić information content (AvgIpc) is 3.07. The SMILES string of the molecule is CN1CCN=C1c1ccc(-c2cc(C(N)=O)on2)cc1. The summed E-state index contributed by atoms with van der Waals surface area (Å²) in [4.78, 5) is 17.6. The number of likely N-dealkylation sites (N-methyl/N-ethyl adjacent to an activating group) is 1. The maximum Gasteiger partial charge on any atom is 0.287 e. The maximum atomic E-state index is 11.0. The molecule has 0 bridgehead atoms. The Kier molecular flexibility index (Phi) is 2.98. The highest BCUT2D eigenvalue weighted by molar-refractivity contribution is 6.00. The quantitative estimate of drug-likeness (QED) is 0.906. The molecule has 2 heterocycles. The van der Waals surface area contributed by atoms with Gasteiger partial charge in [-0.3, -0.25) is 9.79 Å². The predicted molar refractivity (Wildman–Crippen MR) is 74.5 cm³/mol. The summed E-state index contributed by atoms with van der Waals surface area (Å²) < 4.78 is 4.87. The average molecular weight is 270 g/mol. The van der Waals surface area contributed by atoms with Crippen LogP contribution in [0, 0.1) is 0 Å². The number of nitrogens with two attached hydrogens (primary N) is 1. The predicted octanol–water partition coefficient (Wildman–Crippen LogP) is 1.13. The van der Waals surface area contributed by atoms with Gasteiger partial charge in [0.2, 0.25) is 5.76 Å². The Balaban J connectivity index is 1.87. The van der Waals surface area contributed by atoms with E-state index in [9.17, 15) is 4.79 Å². The van der Waals surface area contributed by atoms with Crippen LogP contribution in [0.4, 0.5) is 0 Å². The first-order chi connectivity index (χ1) is 9.65. The van der Waals surface area contributed by atoms with Crippen molar-refractivity contribution in [3.8, 4) is 11.3 Å². The van der Waals surface area contributed by atoms with E-state index in [0.717, 1.165) is 30.1 Å². The van der Waals surface area contributed by atoms with Crippen molar-refractivity contribution in [2.24, 2.45) is 10.7 Å². The van der Waals surface area contributed by atoms with E-state index in [1.807, 2.05) is 31.3 Å². The molecule has 2 N–H and O–H groups in total. The van der Waals surface area contributed by atoms with Crippen LogP contribution in [0.5, 0.6) is 0 Å².